The lowest BCUT2D eigenvalue weighted by Crippen LogP contribution is -2.50. The van der Waals surface area contributed by atoms with Gasteiger partial charge in [0.2, 0.25) is 0 Å². The van der Waals surface area contributed by atoms with Crippen LogP contribution in [0.1, 0.15) is 36.7 Å². The predicted octanol–water partition coefficient (Wildman–Crippen LogP) is 6.90. The van der Waals surface area contributed by atoms with Gasteiger partial charge in [-0.15, -0.1) is 0 Å². The third-order valence-corrected chi connectivity index (χ3v) is 8.50. The second-order valence-electron chi connectivity index (χ2n) is 12.8. The molecule has 1 saturated heterocycles. The van der Waals surface area contributed by atoms with Crippen molar-refractivity contribution in [3.63, 3.8) is 0 Å². The van der Waals surface area contributed by atoms with E-state index < -0.39 is 5.60 Å². The maximum Gasteiger partial charge on any atom is 0.410 e. The number of fused-ring (bicyclic) bond motifs is 4. The summed E-state index contributed by atoms with van der Waals surface area (Å²) < 4.78 is 13.1. The summed E-state index contributed by atoms with van der Waals surface area (Å²) in [7, 11) is 0. The molecule has 47 heavy (non-hydrogen) atoms. The van der Waals surface area contributed by atoms with Crippen LogP contribution in [0.2, 0.25) is 0 Å². The fourth-order valence-electron chi connectivity index (χ4n) is 6.09. The second kappa shape index (κ2) is 11.6. The zero-order valence-corrected chi connectivity index (χ0v) is 26.7. The Morgan fingerprint density at radius 2 is 1.62 bits per heavy atom. The average Bonchev–Trinajstić information content (AvgIpc) is 3.44. The van der Waals surface area contributed by atoms with E-state index in [1.807, 2.05) is 94.4 Å². The topological polar surface area (TPSA) is 110 Å². The van der Waals surface area contributed by atoms with E-state index in [4.69, 9.17) is 9.15 Å². The van der Waals surface area contributed by atoms with Crippen LogP contribution in [0, 0.1) is 6.92 Å². The van der Waals surface area contributed by atoms with Crippen LogP contribution in [0.3, 0.4) is 0 Å². The number of amides is 2. The van der Waals surface area contributed by atoms with Gasteiger partial charge in [-0.05, 0) is 75.7 Å². The van der Waals surface area contributed by atoms with E-state index in [-0.39, 0.29) is 17.6 Å². The van der Waals surface area contributed by atoms with Crippen LogP contribution < -0.4 is 15.8 Å². The Bertz CT molecular complexity index is 2240. The molecule has 0 bridgehead atoms. The highest BCUT2D eigenvalue weighted by molar-refractivity contribution is 6.16. The molecule has 1 fully saturated rings. The van der Waals surface area contributed by atoms with E-state index in [9.17, 15) is 14.4 Å². The van der Waals surface area contributed by atoms with Crippen molar-refractivity contribution in [3.8, 4) is 5.69 Å². The largest absolute Gasteiger partial charge is 0.455 e. The Morgan fingerprint density at radius 1 is 0.872 bits per heavy atom. The number of nitrogens with one attached hydrogen (secondary N) is 1. The molecule has 0 spiro atoms. The van der Waals surface area contributed by atoms with Crippen molar-refractivity contribution in [2.24, 2.45) is 0 Å². The van der Waals surface area contributed by atoms with E-state index in [0.29, 0.717) is 59.6 Å². The number of aromatic nitrogens is 2. The molecule has 4 aromatic carbocycles. The molecule has 0 saturated carbocycles. The molecular formula is C37H35N5O5. The number of rotatable bonds is 4. The Morgan fingerprint density at radius 3 is 2.40 bits per heavy atom. The third-order valence-electron chi connectivity index (χ3n) is 8.50. The fourth-order valence-corrected chi connectivity index (χ4v) is 6.09. The molecule has 3 heterocycles. The van der Waals surface area contributed by atoms with Gasteiger partial charge in [-0.1, -0.05) is 36.4 Å². The maximum atomic E-state index is 13.9. The molecule has 238 valence electrons. The number of piperazine rings is 1. The van der Waals surface area contributed by atoms with Gasteiger partial charge in [0, 0.05) is 48.3 Å². The molecule has 10 nitrogen and oxygen atoms in total. The van der Waals surface area contributed by atoms with Crippen molar-refractivity contribution in [2.75, 3.05) is 36.4 Å². The summed E-state index contributed by atoms with van der Waals surface area (Å²) in [5.74, 6) is -0.310. The molecule has 0 unspecified atom stereocenters. The quantitative estimate of drug-likeness (QED) is 0.226. The van der Waals surface area contributed by atoms with Gasteiger partial charge < -0.3 is 24.3 Å². The first-order valence-electron chi connectivity index (χ1n) is 15.6. The molecule has 1 N–H and O–H groups in total. The van der Waals surface area contributed by atoms with Gasteiger partial charge in [0.1, 0.15) is 23.1 Å². The van der Waals surface area contributed by atoms with Crippen LogP contribution >= 0.6 is 0 Å². The number of carbonyl (C=O) groups excluding carboxylic acids is 2. The molecule has 2 amide bonds. The first-order chi connectivity index (χ1) is 22.6. The Kier molecular flexibility index (Phi) is 7.43. The summed E-state index contributed by atoms with van der Waals surface area (Å²) in [6.07, 6.45) is 1.20. The highest BCUT2D eigenvalue weighted by atomic mass is 16.6. The van der Waals surface area contributed by atoms with Crippen molar-refractivity contribution in [2.45, 2.75) is 33.3 Å². The maximum absolute atomic E-state index is 13.9. The Balaban J connectivity index is 1.15. The minimum Gasteiger partial charge on any atom is -0.455 e. The summed E-state index contributed by atoms with van der Waals surface area (Å²) in [4.78, 5) is 48.5. The van der Waals surface area contributed by atoms with Crippen LogP contribution in [0.4, 0.5) is 16.2 Å². The molecule has 6 aromatic rings. The van der Waals surface area contributed by atoms with Gasteiger partial charge in [-0.3, -0.25) is 14.2 Å². The number of benzene rings is 4. The van der Waals surface area contributed by atoms with E-state index in [1.165, 1.54) is 10.9 Å². The van der Waals surface area contributed by atoms with Crippen LogP contribution in [-0.4, -0.2) is 58.2 Å². The Labute approximate surface area is 271 Å². The van der Waals surface area contributed by atoms with Crippen molar-refractivity contribution in [1.29, 1.82) is 0 Å². The summed E-state index contributed by atoms with van der Waals surface area (Å²) in [6.45, 7) is 9.70. The number of nitrogens with zero attached hydrogens (tertiary/aromatic N) is 4. The van der Waals surface area contributed by atoms with Crippen molar-refractivity contribution < 1.29 is 18.7 Å². The number of furan rings is 1. The number of anilines is 2. The number of ether oxygens (including phenoxy) is 1. The molecule has 0 atom stereocenters. The Hall–Kier alpha value is -5.64. The minimum absolute atomic E-state index is 0.220. The lowest BCUT2D eigenvalue weighted by atomic mass is 10.1. The first kappa shape index (κ1) is 30.0. The molecule has 7 rings (SSSR count). The van der Waals surface area contributed by atoms with Gasteiger partial charge in [-0.25, -0.2) is 9.78 Å². The van der Waals surface area contributed by atoms with Crippen LogP contribution in [0.5, 0.6) is 0 Å². The molecule has 0 aliphatic carbocycles. The molecule has 0 radical (unpaired) electrons. The van der Waals surface area contributed by atoms with Gasteiger partial charge in [0.25, 0.3) is 11.5 Å². The smallest absolute Gasteiger partial charge is 0.410 e. The zero-order chi connectivity index (χ0) is 32.9. The number of para-hydroxylation sites is 2. The third kappa shape index (κ3) is 5.67. The molecule has 2 aromatic heterocycles. The molecular weight excluding hydrogens is 594 g/mol. The zero-order valence-electron chi connectivity index (χ0n) is 26.7. The standard InChI is InChI=1S/C37H35N5O5/c1-23-29(39-34(43)27-11-7-10-26-25-9-5-6-14-32(25)46-33(26)27)12-8-13-31(23)42-22-38-30-16-15-24(21-28(30)35(42)44)40-17-19-41(20-18-40)36(45)47-37(2,3)4/h5-16,21-22H,17-20H2,1-4H3,(H,39,43). The minimum atomic E-state index is -0.549. The molecule has 1 aliphatic rings. The fraction of sp³-hybridized carbons (Fsp3) is 0.243. The first-order valence-corrected chi connectivity index (χ1v) is 15.6. The lowest BCUT2D eigenvalue weighted by molar-refractivity contribution is 0.0240. The van der Waals surface area contributed by atoms with Gasteiger partial charge in [0.15, 0.2) is 0 Å². The number of hydrogen-bond acceptors (Lipinski definition) is 7. The molecule has 10 heteroatoms. The van der Waals surface area contributed by atoms with E-state index in [0.717, 1.165) is 27.6 Å². The van der Waals surface area contributed by atoms with E-state index in [1.54, 1.807) is 17.0 Å². The summed E-state index contributed by atoms with van der Waals surface area (Å²) in [5, 5.41) is 5.33. The summed E-state index contributed by atoms with van der Waals surface area (Å²) >= 11 is 0. The van der Waals surface area contributed by atoms with Gasteiger partial charge in [-0.2, -0.15) is 0 Å². The van der Waals surface area contributed by atoms with Crippen LogP contribution in [-0.2, 0) is 4.74 Å². The van der Waals surface area contributed by atoms with Crippen LogP contribution in [0.15, 0.2) is 94.4 Å². The second-order valence-corrected chi connectivity index (χ2v) is 12.8. The number of hydrogen-bond donors (Lipinski definition) is 1. The van der Waals surface area contributed by atoms with Gasteiger partial charge in [0.05, 0.1) is 22.2 Å². The van der Waals surface area contributed by atoms with Crippen LogP contribution in [0.25, 0.3) is 38.5 Å². The highest BCUT2D eigenvalue weighted by Crippen LogP contribution is 2.32. The van der Waals surface area contributed by atoms with Crippen molar-refractivity contribution >= 4 is 56.2 Å². The summed E-state index contributed by atoms with van der Waals surface area (Å²) in [6, 6.07) is 24.3. The average molecular weight is 630 g/mol. The van der Waals surface area contributed by atoms with E-state index >= 15 is 0 Å². The molecule has 1 aliphatic heterocycles. The predicted molar refractivity (Wildman–Crippen MR) is 184 cm³/mol. The summed E-state index contributed by atoms with van der Waals surface area (Å²) in [5.41, 5.74) is 4.27. The van der Waals surface area contributed by atoms with Gasteiger partial charge >= 0.3 is 6.09 Å². The van der Waals surface area contributed by atoms with Crippen molar-refractivity contribution in [3.05, 3.63) is 107 Å². The monoisotopic (exact) mass is 629 g/mol. The van der Waals surface area contributed by atoms with E-state index in [2.05, 4.69) is 15.2 Å². The SMILES string of the molecule is Cc1c(NC(=O)c2cccc3c2oc2ccccc23)cccc1-n1cnc2ccc(N3CCN(C(=O)OC(C)(C)C)CC3)cc2c1=O. The van der Waals surface area contributed by atoms with Crippen molar-refractivity contribution in [1.82, 2.24) is 14.5 Å². The normalized spacial score (nSPS) is 13.8. The number of carbonyl (C=O) groups is 2. The lowest BCUT2D eigenvalue weighted by Gasteiger charge is -2.36. The highest BCUT2D eigenvalue weighted by Gasteiger charge is 2.26.